The van der Waals surface area contributed by atoms with E-state index in [-0.39, 0.29) is 18.5 Å². The molecule has 0 amide bonds. The average molecular weight is 535 g/mol. The quantitative estimate of drug-likeness (QED) is 0.0589. The number of carboxylic acid groups (broad SMARTS) is 1. The van der Waals surface area contributed by atoms with Crippen LogP contribution in [0.2, 0.25) is 0 Å². The van der Waals surface area contributed by atoms with Gasteiger partial charge in [0.25, 0.3) is 0 Å². The molecule has 0 spiro atoms. The molecule has 0 saturated carbocycles. The summed E-state index contributed by atoms with van der Waals surface area (Å²) in [4.78, 5) is 23.1. The fraction of sp³-hybridized carbons (Fsp3) is 0.824. The summed E-state index contributed by atoms with van der Waals surface area (Å²) in [5.74, 6) is -0.719. The van der Waals surface area contributed by atoms with E-state index in [4.69, 9.17) is 9.84 Å². The third-order valence-electron chi connectivity index (χ3n) is 7.16. The van der Waals surface area contributed by atoms with Gasteiger partial charge in [-0.1, -0.05) is 122 Å². The van der Waals surface area contributed by atoms with Gasteiger partial charge in [0.1, 0.15) is 6.10 Å². The Morgan fingerprint density at radius 2 is 1.08 bits per heavy atom. The number of carbonyl (C=O) groups excluding carboxylic acids is 1. The van der Waals surface area contributed by atoms with E-state index in [0.717, 1.165) is 77.0 Å². The number of allylic oxidation sites excluding steroid dienone is 4. The van der Waals surface area contributed by atoms with Gasteiger partial charge in [-0.25, -0.2) is 0 Å². The van der Waals surface area contributed by atoms with Gasteiger partial charge in [-0.3, -0.25) is 9.59 Å². The summed E-state index contributed by atoms with van der Waals surface area (Å²) in [6.07, 6.45) is 36.1. The maximum atomic E-state index is 12.5. The maximum absolute atomic E-state index is 12.5. The summed E-state index contributed by atoms with van der Waals surface area (Å²) >= 11 is 0. The Hall–Kier alpha value is -1.58. The van der Waals surface area contributed by atoms with E-state index < -0.39 is 5.97 Å². The highest BCUT2D eigenvalue weighted by Gasteiger charge is 2.14. The molecule has 4 heteroatoms. The standard InChI is InChI=1S/C34H62O4/c1-3-5-7-9-11-12-13-14-15-16-18-23-27-31-34(37)38-32(28-24-20-17-10-8-6-4-2)29-25-21-19-22-26-30-33(35)36/h7,9,12-13,32H,3-6,8,10-11,14-31H2,1-2H3,(H,35,36)/b9-7-,13-12-. The summed E-state index contributed by atoms with van der Waals surface area (Å²) in [7, 11) is 0. The van der Waals surface area contributed by atoms with Crippen LogP contribution in [0.5, 0.6) is 0 Å². The smallest absolute Gasteiger partial charge is 0.306 e. The number of ether oxygens (including phenoxy) is 1. The number of hydrogen-bond donors (Lipinski definition) is 1. The first-order valence-corrected chi connectivity index (χ1v) is 16.3. The van der Waals surface area contributed by atoms with Crippen molar-refractivity contribution in [2.75, 3.05) is 0 Å². The van der Waals surface area contributed by atoms with Crippen LogP contribution in [0.25, 0.3) is 0 Å². The topological polar surface area (TPSA) is 63.6 Å². The van der Waals surface area contributed by atoms with Crippen molar-refractivity contribution in [1.29, 1.82) is 0 Å². The molecule has 0 rings (SSSR count). The van der Waals surface area contributed by atoms with Crippen LogP contribution in [0, 0.1) is 0 Å². The van der Waals surface area contributed by atoms with Gasteiger partial charge in [0.2, 0.25) is 0 Å². The molecule has 0 aliphatic carbocycles. The summed E-state index contributed by atoms with van der Waals surface area (Å²) in [5.41, 5.74) is 0. The number of aliphatic carboxylic acids is 1. The molecule has 0 aliphatic heterocycles. The molecular formula is C34H62O4. The van der Waals surface area contributed by atoms with E-state index in [0.29, 0.717) is 6.42 Å². The minimum Gasteiger partial charge on any atom is -0.481 e. The number of esters is 1. The molecule has 0 fully saturated rings. The first-order valence-electron chi connectivity index (χ1n) is 16.3. The highest BCUT2D eigenvalue weighted by atomic mass is 16.5. The molecule has 0 radical (unpaired) electrons. The maximum Gasteiger partial charge on any atom is 0.306 e. The molecule has 0 aliphatic rings. The van der Waals surface area contributed by atoms with Gasteiger partial charge in [-0.05, 0) is 64.2 Å². The third-order valence-corrected chi connectivity index (χ3v) is 7.16. The molecule has 222 valence electrons. The van der Waals surface area contributed by atoms with Gasteiger partial charge in [0.15, 0.2) is 0 Å². The van der Waals surface area contributed by atoms with Gasteiger partial charge in [0.05, 0.1) is 0 Å². The van der Waals surface area contributed by atoms with Crippen LogP contribution in [0.1, 0.15) is 174 Å². The Bertz CT molecular complexity index is 581. The van der Waals surface area contributed by atoms with Crippen molar-refractivity contribution in [2.24, 2.45) is 0 Å². The van der Waals surface area contributed by atoms with Crippen molar-refractivity contribution in [3.05, 3.63) is 24.3 Å². The minimum atomic E-state index is -0.704. The number of unbranched alkanes of at least 4 members (excludes halogenated alkanes) is 16. The molecule has 0 aromatic carbocycles. The van der Waals surface area contributed by atoms with Crippen molar-refractivity contribution in [3.63, 3.8) is 0 Å². The van der Waals surface area contributed by atoms with E-state index in [9.17, 15) is 9.59 Å². The molecule has 4 nitrogen and oxygen atoms in total. The van der Waals surface area contributed by atoms with E-state index in [1.54, 1.807) is 0 Å². The second-order valence-corrected chi connectivity index (χ2v) is 11.0. The zero-order valence-corrected chi connectivity index (χ0v) is 25.2. The van der Waals surface area contributed by atoms with Crippen molar-refractivity contribution in [2.45, 2.75) is 180 Å². The molecule has 1 unspecified atom stereocenters. The summed E-state index contributed by atoms with van der Waals surface area (Å²) in [5, 5.41) is 8.76. The highest BCUT2D eigenvalue weighted by Crippen LogP contribution is 2.18. The fourth-order valence-electron chi connectivity index (χ4n) is 4.75. The second kappa shape index (κ2) is 30.0. The molecule has 0 heterocycles. The molecular weight excluding hydrogens is 472 g/mol. The predicted molar refractivity (Wildman–Crippen MR) is 163 cm³/mol. The predicted octanol–water partition coefficient (Wildman–Crippen LogP) is 10.9. The van der Waals surface area contributed by atoms with Crippen LogP contribution in [0.15, 0.2) is 24.3 Å². The first kappa shape index (κ1) is 36.4. The van der Waals surface area contributed by atoms with Crippen LogP contribution in [-0.4, -0.2) is 23.1 Å². The molecule has 0 aromatic heterocycles. The Morgan fingerprint density at radius 3 is 1.66 bits per heavy atom. The van der Waals surface area contributed by atoms with Crippen LogP contribution >= 0.6 is 0 Å². The number of rotatable bonds is 29. The third kappa shape index (κ3) is 29.0. The first-order chi connectivity index (χ1) is 18.6. The Morgan fingerprint density at radius 1 is 0.579 bits per heavy atom. The number of carboxylic acids is 1. The Labute approximate surface area is 236 Å². The molecule has 1 N–H and O–H groups in total. The zero-order chi connectivity index (χ0) is 27.9. The number of carbonyl (C=O) groups is 2. The Balaban J connectivity index is 4.02. The molecule has 0 aromatic rings. The van der Waals surface area contributed by atoms with E-state index >= 15 is 0 Å². The van der Waals surface area contributed by atoms with Gasteiger partial charge in [-0.15, -0.1) is 0 Å². The average Bonchev–Trinajstić information content (AvgIpc) is 2.89. The number of hydrogen-bond acceptors (Lipinski definition) is 3. The van der Waals surface area contributed by atoms with Gasteiger partial charge in [-0.2, -0.15) is 0 Å². The summed E-state index contributed by atoms with van der Waals surface area (Å²) in [6, 6.07) is 0. The molecule has 0 bridgehead atoms. The van der Waals surface area contributed by atoms with E-state index in [1.165, 1.54) is 70.6 Å². The molecule has 0 saturated heterocycles. The Kier molecular flexibility index (Phi) is 28.7. The summed E-state index contributed by atoms with van der Waals surface area (Å²) < 4.78 is 5.93. The van der Waals surface area contributed by atoms with Gasteiger partial charge >= 0.3 is 11.9 Å². The normalized spacial score (nSPS) is 12.5. The fourth-order valence-corrected chi connectivity index (χ4v) is 4.75. The minimum absolute atomic E-state index is 0.0153. The van der Waals surface area contributed by atoms with Crippen LogP contribution in [-0.2, 0) is 14.3 Å². The SMILES string of the molecule is CCC/C=C\C/C=C\CCCCCCCC(=O)OC(CCCCCCCCC)CCCCCCCC(=O)O. The lowest BCUT2D eigenvalue weighted by Gasteiger charge is -2.18. The van der Waals surface area contributed by atoms with E-state index in [2.05, 4.69) is 38.2 Å². The van der Waals surface area contributed by atoms with Crippen molar-refractivity contribution >= 4 is 11.9 Å². The molecule has 38 heavy (non-hydrogen) atoms. The largest absolute Gasteiger partial charge is 0.481 e. The van der Waals surface area contributed by atoms with Gasteiger partial charge in [0, 0.05) is 12.8 Å². The van der Waals surface area contributed by atoms with Crippen molar-refractivity contribution in [1.82, 2.24) is 0 Å². The van der Waals surface area contributed by atoms with Crippen LogP contribution in [0.3, 0.4) is 0 Å². The van der Waals surface area contributed by atoms with Crippen LogP contribution in [0.4, 0.5) is 0 Å². The van der Waals surface area contributed by atoms with E-state index in [1.807, 2.05) is 0 Å². The highest BCUT2D eigenvalue weighted by molar-refractivity contribution is 5.69. The lowest BCUT2D eigenvalue weighted by Crippen LogP contribution is -2.18. The van der Waals surface area contributed by atoms with Crippen molar-refractivity contribution < 1.29 is 19.4 Å². The summed E-state index contributed by atoms with van der Waals surface area (Å²) in [6.45, 7) is 4.45. The lowest BCUT2D eigenvalue weighted by molar-refractivity contribution is -0.150. The molecule has 1 atom stereocenters. The zero-order valence-electron chi connectivity index (χ0n) is 25.2. The monoisotopic (exact) mass is 534 g/mol. The van der Waals surface area contributed by atoms with Crippen molar-refractivity contribution in [3.8, 4) is 0 Å². The van der Waals surface area contributed by atoms with Gasteiger partial charge < -0.3 is 9.84 Å². The lowest BCUT2D eigenvalue weighted by atomic mass is 10.0. The second-order valence-electron chi connectivity index (χ2n) is 11.0. The van der Waals surface area contributed by atoms with Crippen LogP contribution < -0.4 is 0 Å².